The van der Waals surface area contributed by atoms with Gasteiger partial charge in [-0.2, -0.15) is 0 Å². The average Bonchev–Trinajstić information content (AvgIpc) is 2.99. The summed E-state index contributed by atoms with van der Waals surface area (Å²) >= 11 is 0. The van der Waals surface area contributed by atoms with Crippen LogP contribution in [0.3, 0.4) is 0 Å². The fraction of sp³-hybridized carbons (Fsp3) is 0.909. The van der Waals surface area contributed by atoms with Gasteiger partial charge in [-0.25, -0.2) is 0 Å². The molecule has 1 saturated carbocycles. The van der Waals surface area contributed by atoms with Crippen LogP contribution in [0.1, 0.15) is 39.5 Å². The highest BCUT2D eigenvalue weighted by Crippen LogP contribution is 2.18. The summed E-state index contributed by atoms with van der Waals surface area (Å²) in [6, 6.07) is 1.07. The molecular formula is C11H22N2O. The molecule has 1 rings (SSSR count). The lowest BCUT2D eigenvalue weighted by atomic mass is 10.2. The molecule has 0 aromatic rings. The Morgan fingerprint density at radius 2 is 2.21 bits per heavy atom. The van der Waals surface area contributed by atoms with Gasteiger partial charge >= 0.3 is 0 Å². The number of amides is 1. The van der Waals surface area contributed by atoms with Crippen molar-refractivity contribution in [3.05, 3.63) is 0 Å². The highest BCUT2D eigenvalue weighted by molar-refractivity contribution is 5.76. The topological polar surface area (TPSA) is 32.3 Å². The summed E-state index contributed by atoms with van der Waals surface area (Å²) in [6.45, 7) is 5.04. The Morgan fingerprint density at radius 3 is 2.71 bits per heavy atom. The van der Waals surface area contributed by atoms with E-state index in [-0.39, 0.29) is 5.91 Å². The van der Waals surface area contributed by atoms with Gasteiger partial charge in [-0.1, -0.05) is 6.92 Å². The van der Waals surface area contributed by atoms with E-state index in [1.165, 1.54) is 12.8 Å². The zero-order chi connectivity index (χ0) is 10.6. The van der Waals surface area contributed by atoms with Crippen LogP contribution in [0.15, 0.2) is 0 Å². The molecule has 0 spiro atoms. The summed E-state index contributed by atoms with van der Waals surface area (Å²) in [4.78, 5) is 13.5. The van der Waals surface area contributed by atoms with Crippen molar-refractivity contribution in [3.8, 4) is 0 Å². The molecule has 82 valence electrons. The molecule has 0 aromatic heterocycles. The van der Waals surface area contributed by atoms with Gasteiger partial charge in [0, 0.05) is 32.1 Å². The van der Waals surface area contributed by atoms with E-state index in [1.807, 2.05) is 11.9 Å². The van der Waals surface area contributed by atoms with E-state index >= 15 is 0 Å². The van der Waals surface area contributed by atoms with Crippen molar-refractivity contribution in [2.45, 2.75) is 51.6 Å². The predicted octanol–water partition coefficient (Wildman–Crippen LogP) is 1.39. The second-order valence-electron chi connectivity index (χ2n) is 4.24. The van der Waals surface area contributed by atoms with E-state index in [0.29, 0.717) is 18.5 Å². The van der Waals surface area contributed by atoms with Crippen LogP contribution in [0.5, 0.6) is 0 Å². The molecule has 1 fully saturated rings. The van der Waals surface area contributed by atoms with Gasteiger partial charge in [0.25, 0.3) is 0 Å². The maximum Gasteiger partial charge on any atom is 0.223 e. The fourth-order valence-electron chi connectivity index (χ4n) is 1.37. The smallest absolute Gasteiger partial charge is 0.223 e. The van der Waals surface area contributed by atoms with Crippen LogP contribution in [0, 0.1) is 0 Å². The minimum absolute atomic E-state index is 0.257. The first kappa shape index (κ1) is 11.5. The van der Waals surface area contributed by atoms with Crippen molar-refractivity contribution in [2.75, 3.05) is 13.6 Å². The summed E-state index contributed by atoms with van der Waals surface area (Å²) in [5, 5.41) is 3.35. The third kappa shape index (κ3) is 3.66. The van der Waals surface area contributed by atoms with E-state index in [9.17, 15) is 4.79 Å². The van der Waals surface area contributed by atoms with E-state index < -0.39 is 0 Å². The average molecular weight is 198 g/mol. The Hall–Kier alpha value is -0.570. The van der Waals surface area contributed by atoms with Crippen LogP contribution in [-0.2, 0) is 4.79 Å². The quantitative estimate of drug-likeness (QED) is 0.699. The van der Waals surface area contributed by atoms with Crippen LogP contribution in [0.4, 0.5) is 0 Å². The standard InChI is InChI=1S/C11H22N2O/c1-4-9(2)13(3)11(14)7-8-12-10-5-6-10/h9-10,12H,4-8H2,1-3H3. The van der Waals surface area contributed by atoms with E-state index in [0.717, 1.165) is 13.0 Å². The predicted molar refractivity (Wildman–Crippen MR) is 58.2 cm³/mol. The normalized spacial score (nSPS) is 17.9. The van der Waals surface area contributed by atoms with Gasteiger partial charge in [-0.3, -0.25) is 4.79 Å². The molecule has 1 amide bonds. The van der Waals surface area contributed by atoms with Gasteiger partial charge in [-0.05, 0) is 26.2 Å². The van der Waals surface area contributed by atoms with E-state index in [4.69, 9.17) is 0 Å². The minimum atomic E-state index is 0.257. The number of nitrogens with one attached hydrogen (secondary N) is 1. The third-order valence-corrected chi connectivity index (χ3v) is 2.99. The molecule has 0 heterocycles. The molecule has 0 aliphatic heterocycles. The van der Waals surface area contributed by atoms with Crippen molar-refractivity contribution in [1.82, 2.24) is 10.2 Å². The van der Waals surface area contributed by atoms with Gasteiger partial charge in [-0.15, -0.1) is 0 Å². The number of hydrogen-bond donors (Lipinski definition) is 1. The number of carbonyl (C=O) groups is 1. The lowest BCUT2D eigenvalue weighted by molar-refractivity contribution is -0.131. The van der Waals surface area contributed by atoms with Crippen molar-refractivity contribution in [2.24, 2.45) is 0 Å². The largest absolute Gasteiger partial charge is 0.343 e. The first-order valence-electron chi connectivity index (χ1n) is 5.64. The van der Waals surface area contributed by atoms with Crippen molar-refractivity contribution >= 4 is 5.91 Å². The Balaban J connectivity index is 2.11. The molecule has 0 saturated heterocycles. The zero-order valence-electron chi connectivity index (χ0n) is 9.55. The number of hydrogen-bond acceptors (Lipinski definition) is 2. The minimum Gasteiger partial charge on any atom is -0.343 e. The number of rotatable bonds is 6. The van der Waals surface area contributed by atoms with Crippen LogP contribution < -0.4 is 5.32 Å². The van der Waals surface area contributed by atoms with Crippen LogP contribution >= 0.6 is 0 Å². The van der Waals surface area contributed by atoms with Gasteiger partial charge in [0.2, 0.25) is 5.91 Å². The second kappa shape index (κ2) is 5.35. The van der Waals surface area contributed by atoms with Crippen molar-refractivity contribution in [3.63, 3.8) is 0 Å². The number of carbonyl (C=O) groups excluding carboxylic acids is 1. The van der Waals surface area contributed by atoms with Crippen molar-refractivity contribution < 1.29 is 4.79 Å². The van der Waals surface area contributed by atoms with Gasteiger partial charge < -0.3 is 10.2 Å². The number of nitrogens with zero attached hydrogens (tertiary/aromatic N) is 1. The summed E-state index contributed by atoms with van der Waals surface area (Å²) in [6.07, 6.45) is 4.24. The fourth-order valence-corrected chi connectivity index (χ4v) is 1.37. The van der Waals surface area contributed by atoms with Gasteiger partial charge in [0.05, 0.1) is 0 Å². The molecule has 1 aliphatic rings. The third-order valence-electron chi connectivity index (χ3n) is 2.99. The molecule has 0 radical (unpaired) electrons. The molecule has 14 heavy (non-hydrogen) atoms. The molecule has 3 heteroatoms. The maximum atomic E-state index is 11.6. The van der Waals surface area contributed by atoms with Gasteiger partial charge in [0.1, 0.15) is 0 Å². The monoisotopic (exact) mass is 198 g/mol. The Morgan fingerprint density at radius 1 is 1.57 bits per heavy atom. The molecular weight excluding hydrogens is 176 g/mol. The summed E-state index contributed by atoms with van der Waals surface area (Å²) in [5.74, 6) is 0.257. The first-order valence-corrected chi connectivity index (χ1v) is 5.64. The summed E-state index contributed by atoms with van der Waals surface area (Å²) in [5.41, 5.74) is 0. The molecule has 1 unspecified atom stereocenters. The summed E-state index contributed by atoms with van der Waals surface area (Å²) in [7, 11) is 1.90. The van der Waals surface area contributed by atoms with Crippen molar-refractivity contribution in [1.29, 1.82) is 0 Å². The van der Waals surface area contributed by atoms with Crippen LogP contribution in [0.25, 0.3) is 0 Å². The molecule has 3 nitrogen and oxygen atoms in total. The summed E-state index contributed by atoms with van der Waals surface area (Å²) < 4.78 is 0. The maximum absolute atomic E-state index is 11.6. The molecule has 1 aliphatic carbocycles. The lowest BCUT2D eigenvalue weighted by Gasteiger charge is -2.23. The Kier molecular flexibility index (Phi) is 4.39. The SMILES string of the molecule is CCC(C)N(C)C(=O)CCNC1CC1. The zero-order valence-corrected chi connectivity index (χ0v) is 9.55. The molecule has 1 N–H and O–H groups in total. The van der Waals surface area contributed by atoms with Crippen LogP contribution in [-0.4, -0.2) is 36.5 Å². The Labute approximate surface area is 86.9 Å². The first-order chi connectivity index (χ1) is 6.65. The molecule has 1 atom stereocenters. The molecule has 0 aromatic carbocycles. The lowest BCUT2D eigenvalue weighted by Crippen LogP contribution is -2.36. The van der Waals surface area contributed by atoms with Gasteiger partial charge in [0.15, 0.2) is 0 Å². The van der Waals surface area contributed by atoms with E-state index in [2.05, 4.69) is 19.2 Å². The second-order valence-corrected chi connectivity index (χ2v) is 4.24. The molecule has 0 bridgehead atoms. The highest BCUT2D eigenvalue weighted by atomic mass is 16.2. The Bertz CT molecular complexity index is 190. The highest BCUT2D eigenvalue weighted by Gasteiger charge is 2.21. The van der Waals surface area contributed by atoms with E-state index in [1.54, 1.807) is 0 Å². The van der Waals surface area contributed by atoms with Crippen LogP contribution in [0.2, 0.25) is 0 Å².